The van der Waals surface area contributed by atoms with Crippen LogP contribution in [-0.2, 0) is 29.6 Å². The topological polar surface area (TPSA) is 149 Å². The van der Waals surface area contributed by atoms with Crippen molar-refractivity contribution in [1.82, 2.24) is 9.55 Å². The van der Waals surface area contributed by atoms with E-state index < -0.39 is 62.0 Å². The Morgan fingerprint density at radius 3 is 2.38 bits per heavy atom. The van der Waals surface area contributed by atoms with Gasteiger partial charge < -0.3 is 27.9 Å². The number of hydrogen-bond donors (Lipinski definition) is 1. The lowest BCUT2D eigenvalue weighted by molar-refractivity contribution is -0.961. The first-order valence-corrected chi connectivity index (χ1v) is 16.4. The minimum Gasteiger partial charge on any atom is -0.756 e. The van der Waals surface area contributed by atoms with Gasteiger partial charge in [0, 0.05) is 37.7 Å². The highest BCUT2D eigenvalue weighted by molar-refractivity contribution is 7.45. The van der Waals surface area contributed by atoms with E-state index in [1.807, 2.05) is 23.2 Å². The van der Waals surface area contributed by atoms with Crippen LogP contribution in [0.1, 0.15) is 54.3 Å². The zero-order valence-electron chi connectivity index (χ0n) is 24.7. The van der Waals surface area contributed by atoms with E-state index >= 15 is 0 Å². The molecule has 0 aliphatic carbocycles. The molecular formula is C31H35FN3O9P. The number of carbonyl (C=O) groups excluding carboxylic acids is 1. The van der Waals surface area contributed by atoms with Crippen molar-refractivity contribution < 1.29 is 41.6 Å². The number of hydrogen-bond acceptors (Lipinski definition) is 9. The summed E-state index contributed by atoms with van der Waals surface area (Å²) in [6, 6.07) is 18.8. The van der Waals surface area contributed by atoms with Crippen LogP contribution >= 0.6 is 7.82 Å². The fourth-order valence-electron chi connectivity index (χ4n) is 6.99. The highest BCUT2D eigenvalue weighted by atomic mass is 31.2. The number of piperidine rings is 1. The fourth-order valence-corrected chi connectivity index (χ4v) is 7.92. The summed E-state index contributed by atoms with van der Waals surface area (Å²) in [4.78, 5) is 51.6. The van der Waals surface area contributed by atoms with Crippen LogP contribution < -0.4 is 16.1 Å². The molecule has 6 rings (SSSR count). The van der Waals surface area contributed by atoms with E-state index in [9.17, 15) is 28.2 Å². The number of H-pyrrole nitrogens is 1. The second-order valence-corrected chi connectivity index (χ2v) is 13.5. The lowest BCUT2D eigenvalue weighted by Gasteiger charge is -2.47. The van der Waals surface area contributed by atoms with Crippen molar-refractivity contribution >= 4 is 13.8 Å². The van der Waals surface area contributed by atoms with Gasteiger partial charge >= 0.3 is 11.7 Å². The van der Waals surface area contributed by atoms with Gasteiger partial charge in [-0.15, -0.1) is 0 Å². The summed E-state index contributed by atoms with van der Waals surface area (Å²) in [6.45, 7) is 0.284. The van der Waals surface area contributed by atoms with Crippen LogP contribution in [0.4, 0.5) is 4.39 Å². The predicted molar refractivity (Wildman–Crippen MR) is 156 cm³/mol. The molecule has 4 heterocycles. The zero-order valence-corrected chi connectivity index (χ0v) is 25.6. The van der Waals surface area contributed by atoms with Crippen LogP contribution in [0.5, 0.6) is 0 Å². The summed E-state index contributed by atoms with van der Waals surface area (Å²) in [5.74, 6) is -1.92. The fraction of sp³-hybridized carbons (Fsp3) is 0.452. The van der Waals surface area contributed by atoms with Crippen molar-refractivity contribution in [1.29, 1.82) is 0 Å². The molecule has 3 aliphatic heterocycles. The van der Waals surface area contributed by atoms with Gasteiger partial charge in [0.15, 0.2) is 0 Å². The predicted octanol–water partition coefficient (Wildman–Crippen LogP) is 3.03. The first-order chi connectivity index (χ1) is 21.5. The number of quaternary nitrogens is 1. The second-order valence-electron chi connectivity index (χ2n) is 12.1. The van der Waals surface area contributed by atoms with E-state index in [1.54, 1.807) is 30.3 Å². The molecule has 12 nitrogen and oxygen atoms in total. The molecule has 3 fully saturated rings. The average molecular weight is 644 g/mol. The number of aromatic amines is 1. The molecule has 3 aliphatic rings. The Balaban J connectivity index is 1.12. The Morgan fingerprint density at radius 1 is 1.07 bits per heavy atom. The maximum absolute atomic E-state index is 14.0. The van der Waals surface area contributed by atoms with Crippen LogP contribution in [-0.4, -0.2) is 64.1 Å². The third-order valence-electron chi connectivity index (χ3n) is 9.30. The van der Waals surface area contributed by atoms with Gasteiger partial charge in [-0.1, -0.05) is 48.5 Å². The summed E-state index contributed by atoms with van der Waals surface area (Å²) in [5, 5.41) is 0. The summed E-state index contributed by atoms with van der Waals surface area (Å²) in [5.41, 5.74) is -0.655. The molecule has 0 spiro atoms. The summed E-state index contributed by atoms with van der Waals surface area (Å²) in [7, 11) is -2.61. The minimum atomic E-state index is -4.83. The Kier molecular flexibility index (Phi) is 8.93. The van der Waals surface area contributed by atoms with Crippen molar-refractivity contribution in [3.63, 3.8) is 0 Å². The maximum atomic E-state index is 14.0. The molecule has 0 radical (unpaired) electrons. The molecule has 2 bridgehead atoms. The monoisotopic (exact) mass is 643 g/mol. The molecule has 3 unspecified atom stereocenters. The number of phosphoric acid groups is 1. The maximum Gasteiger partial charge on any atom is 0.338 e. The number of phosphoric ester groups is 1. The van der Waals surface area contributed by atoms with E-state index in [1.165, 1.54) is 5.56 Å². The average Bonchev–Trinajstić information content (AvgIpc) is 3.45. The van der Waals surface area contributed by atoms with E-state index in [0.717, 1.165) is 28.4 Å². The van der Waals surface area contributed by atoms with Crippen molar-refractivity contribution in [2.75, 3.05) is 13.7 Å². The Bertz CT molecular complexity index is 1670. The summed E-state index contributed by atoms with van der Waals surface area (Å²) in [6.07, 6.45) is -0.283. The molecule has 6 atom stereocenters. The number of esters is 1. The van der Waals surface area contributed by atoms with Crippen molar-refractivity contribution in [3.8, 4) is 0 Å². The van der Waals surface area contributed by atoms with Gasteiger partial charge in [0.1, 0.15) is 25.0 Å². The molecular weight excluding hydrogens is 608 g/mol. The van der Waals surface area contributed by atoms with E-state index in [4.69, 9.17) is 18.5 Å². The van der Waals surface area contributed by atoms with E-state index in [-0.39, 0.29) is 24.1 Å². The van der Waals surface area contributed by atoms with Gasteiger partial charge in [-0.2, -0.15) is 4.39 Å². The van der Waals surface area contributed by atoms with Gasteiger partial charge in [0.2, 0.25) is 5.82 Å². The zero-order chi connectivity index (χ0) is 31.8. The van der Waals surface area contributed by atoms with Gasteiger partial charge in [-0.3, -0.25) is 18.9 Å². The van der Waals surface area contributed by atoms with Crippen molar-refractivity contribution in [2.45, 2.75) is 75.3 Å². The number of carbonyl (C=O) groups is 1. The first kappa shape index (κ1) is 31.5. The third kappa shape index (κ3) is 6.89. The van der Waals surface area contributed by atoms with E-state index in [0.29, 0.717) is 19.0 Å². The van der Waals surface area contributed by atoms with Gasteiger partial charge in [-0.05, 0) is 12.1 Å². The summed E-state index contributed by atoms with van der Waals surface area (Å²) < 4.78 is 51.0. The number of ether oxygens (including phenoxy) is 2. The molecule has 14 heteroatoms. The van der Waals surface area contributed by atoms with Crippen LogP contribution in [0.3, 0.4) is 0 Å². The Labute approximate surface area is 258 Å². The van der Waals surface area contributed by atoms with Crippen LogP contribution in [0.15, 0.2) is 76.4 Å². The van der Waals surface area contributed by atoms with Crippen LogP contribution in [0, 0.1) is 5.82 Å². The van der Waals surface area contributed by atoms with Gasteiger partial charge in [-0.25, -0.2) is 9.59 Å². The van der Waals surface area contributed by atoms with Gasteiger partial charge in [0.05, 0.1) is 43.6 Å². The largest absolute Gasteiger partial charge is 0.756 e. The number of rotatable bonds is 10. The number of benzene rings is 2. The highest BCUT2D eigenvalue weighted by Crippen LogP contribution is 2.49. The molecule has 0 saturated carbocycles. The molecule has 1 N–H and O–H groups in total. The molecule has 45 heavy (non-hydrogen) atoms. The number of halogens is 1. The number of nitrogens with one attached hydrogen (secondary N) is 1. The standard InChI is InChI=1S/C31H35FN3O9P/c1-35(18-20-8-4-2-5-9-20)22-12-13-23(35)15-24(14-22)44-45(39,40)41-19-27-26(43-30(37)21-10-6-3-7-11-21)16-28(42-27)34-17-25(32)29(36)33-31(34)38/h2-11,17,22-24,26-28H,12-16,18-19H2,1H3,(H-,33,36,38,39,40)/t22?,23?,24?,26-,27+,28+,35?/m0/s1. The lowest BCUT2D eigenvalue weighted by atomic mass is 9.96. The lowest BCUT2D eigenvalue weighted by Crippen LogP contribution is -2.58. The Morgan fingerprint density at radius 2 is 1.71 bits per heavy atom. The molecule has 0 amide bonds. The molecule has 240 valence electrons. The molecule has 2 aromatic carbocycles. The number of aromatic nitrogens is 2. The van der Waals surface area contributed by atoms with Crippen molar-refractivity contribution in [3.05, 3.63) is 105 Å². The normalized spacial score (nSPS) is 30.6. The van der Waals surface area contributed by atoms with Crippen LogP contribution in [0.25, 0.3) is 0 Å². The van der Waals surface area contributed by atoms with Crippen LogP contribution in [0.2, 0.25) is 0 Å². The SMILES string of the molecule is C[N+]1(Cc2ccccc2)C2CCC1CC(OP(=O)([O-])OC[C@H]1O[C@@H](n3cc(F)c(=O)[nH]c3=O)C[C@@H]1OC(=O)c1ccccc1)C2. The molecule has 3 saturated heterocycles. The highest BCUT2D eigenvalue weighted by Gasteiger charge is 2.52. The van der Waals surface area contributed by atoms with Gasteiger partial charge in [0.25, 0.3) is 13.4 Å². The minimum absolute atomic E-state index is 0.133. The van der Waals surface area contributed by atoms with Crippen molar-refractivity contribution in [2.24, 2.45) is 0 Å². The smallest absolute Gasteiger partial charge is 0.338 e. The molecule has 3 aromatic rings. The quantitative estimate of drug-likeness (QED) is 0.200. The molecule has 1 aromatic heterocycles. The number of nitrogens with zero attached hydrogens (tertiary/aromatic N) is 2. The second kappa shape index (κ2) is 12.7. The number of fused-ring (bicyclic) bond motifs is 2. The first-order valence-electron chi connectivity index (χ1n) is 15.0. The summed E-state index contributed by atoms with van der Waals surface area (Å²) >= 11 is 0. The Hall–Kier alpha value is -3.45. The third-order valence-corrected chi connectivity index (χ3v) is 10.3. The van der Waals surface area contributed by atoms with E-state index in [2.05, 4.69) is 19.2 Å².